The summed E-state index contributed by atoms with van der Waals surface area (Å²) in [5.41, 5.74) is 5.16. The minimum absolute atomic E-state index is 0.0752. The van der Waals surface area contributed by atoms with Crippen molar-refractivity contribution in [2.24, 2.45) is 5.92 Å². The summed E-state index contributed by atoms with van der Waals surface area (Å²) in [4.78, 5) is 24.7. The largest absolute Gasteiger partial charge is 0.493 e. The predicted molar refractivity (Wildman–Crippen MR) is 129 cm³/mol. The lowest BCUT2D eigenvalue weighted by Gasteiger charge is -2.15. The third kappa shape index (κ3) is 8.35. The van der Waals surface area contributed by atoms with Crippen LogP contribution in [0.25, 0.3) is 0 Å². The molecule has 0 bridgehead atoms. The molecule has 0 heterocycles. The topological polar surface area (TPSA) is 97.9 Å². The molecule has 3 N–H and O–H groups in total. The molecule has 0 atom stereocenters. The molecule has 0 aromatic heterocycles. The molecular weight excluding hydrogens is 498 g/mol. The van der Waals surface area contributed by atoms with Crippen molar-refractivity contribution in [1.29, 1.82) is 0 Å². The Labute approximate surface area is 201 Å². The number of hydrogen-bond acceptors (Lipinski definition) is 6. The summed E-state index contributed by atoms with van der Waals surface area (Å²) in [6.45, 7) is 4.41. The molecule has 172 valence electrons. The number of benzene rings is 2. The van der Waals surface area contributed by atoms with E-state index in [1.54, 1.807) is 42.5 Å². The van der Waals surface area contributed by atoms with Gasteiger partial charge in [0.1, 0.15) is 5.75 Å². The number of carbonyl (C=O) groups is 2. The molecule has 0 fully saturated rings. The summed E-state index contributed by atoms with van der Waals surface area (Å²) < 4.78 is 17.1. The van der Waals surface area contributed by atoms with Crippen LogP contribution in [-0.2, 0) is 4.79 Å². The van der Waals surface area contributed by atoms with Crippen LogP contribution in [0, 0.1) is 5.92 Å². The second-order valence-electron chi connectivity index (χ2n) is 7.07. The third-order valence-electron chi connectivity index (χ3n) is 4.11. The Morgan fingerprint density at radius 3 is 2.44 bits per heavy atom. The highest BCUT2D eigenvalue weighted by atomic mass is 79.9. The van der Waals surface area contributed by atoms with Crippen LogP contribution in [0.1, 0.15) is 30.6 Å². The number of thiocarbonyl (C=S) groups is 1. The van der Waals surface area contributed by atoms with Gasteiger partial charge in [0.15, 0.2) is 23.2 Å². The van der Waals surface area contributed by atoms with Gasteiger partial charge in [0, 0.05) is 4.47 Å². The van der Waals surface area contributed by atoms with Crippen molar-refractivity contribution in [3.63, 3.8) is 0 Å². The van der Waals surface area contributed by atoms with E-state index in [1.165, 1.54) is 7.11 Å². The highest BCUT2D eigenvalue weighted by Gasteiger charge is 2.15. The number of hydrazine groups is 1. The van der Waals surface area contributed by atoms with Gasteiger partial charge in [-0.15, -0.1) is 0 Å². The summed E-state index contributed by atoms with van der Waals surface area (Å²) in [6, 6.07) is 12.1. The number of carbonyl (C=O) groups excluding carboxylic acids is 2. The van der Waals surface area contributed by atoms with Crippen LogP contribution in [0.2, 0.25) is 0 Å². The van der Waals surface area contributed by atoms with Gasteiger partial charge in [-0.1, -0.05) is 41.9 Å². The Balaban J connectivity index is 1.85. The van der Waals surface area contributed by atoms with Gasteiger partial charge in [0.2, 0.25) is 0 Å². The fourth-order valence-electron chi connectivity index (χ4n) is 2.46. The molecule has 0 saturated carbocycles. The summed E-state index contributed by atoms with van der Waals surface area (Å²) in [7, 11) is 1.51. The van der Waals surface area contributed by atoms with Gasteiger partial charge in [-0.25, -0.2) is 0 Å². The first-order valence-corrected chi connectivity index (χ1v) is 11.1. The molecule has 10 heteroatoms. The summed E-state index contributed by atoms with van der Waals surface area (Å²) in [6.07, 6.45) is 0.861. The van der Waals surface area contributed by atoms with Crippen LogP contribution in [0.15, 0.2) is 46.9 Å². The van der Waals surface area contributed by atoms with Crippen LogP contribution in [0.4, 0.5) is 0 Å². The molecule has 2 rings (SSSR count). The molecule has 2 aromatic rings. The Bertz CT molecular complexity index is 955. The fraction of sp³-hybridized carbons (Fsp3) is 0.318. The van der Waals surface area contributed by atoms with Gasteiger partial charge < -0.3 is 14.2 Å². The monoisotopic (exact) mass is 523 g/mol. The van der Waals surface area contributed by atoms with E-state index in [2.05, 4.69) is 45.9 Å². The van der Waals surface area contributed by atoms with E-state index in [0.717, 1.165) is 10.9 Å². The van der Waals surface area contributed by atoms with Crippen molar-refractivity contribution < 1.29 is 23.8 Å². The Morgan fingerprint density at radius 1 is 1.03 bits per heavy atom. The van der Waals surface area contributed by atoms with E-state index >= 15 is 0 Å². The molecule has 0 aliphatic carbocycles. The van der Waals surface area contributed by atoms with Gasteiger partial charge >= 0.3 is 0 Å². The van der Waals surface area contributed by atoms with Crippen LogP contribution in [0.5, 0.6) is 17.2 Å². The SMILES string of the molecule is COc1ccccc1OCC(=O)NNC(=S)NC(=O)c1cc(Br)ccc1OCCC(C)C. The average Bonchev–Trinajstić information content (AvgIpc) is 2.77. The molecule has 0 aliphatic rings. The van der Waals surface area contributed by atoms with Crippen molar-refractivity contribution in [3.05, 3.63) is 52.5 Å². The number of methoxy groups -OCH3 is 1. The van der Waals surface area contributed by atoms with E-state index < -0.39 is 11.8 Å². The lowest BCUT2D eigenvalue weighted by atomic mass is 10.1. The molecule has 0 unspecified atom stereocenters. The second kappa shape index (κ2) is 12.9. The van der Waals surface area contributed by atoms with Gasteiger partial charge in [-0.2, -0.15) is 0 Å². The van der Waals surface area contributed by atoms with Gasteiger partial charge in [-0.05, 0) is 54.9 Å². The van der Waals surface area contributed by atoms with Crippen molar-refractivity contribution in [2.45, 2.75) is 20.3 Å². The number of amides is 2. The molecule has 32 heavy (non-hydrogen) atoms. The van der Waals surface area contributed by atoms with Crippen LogP contribution in [-0.4, -0.2) is 37.3 Å². The van der Waals surface area contributed by atoms with Gasteiger partial charge in [-0.3, -0.25) is 25.8 Å². The van der Waals surface area contributed by atoms with Crippen molar-refractivity contribution in [2.75, 3.05) is 20.3 Å². The maximum Gasteiger partial charge on any atom is 0.276 e. The number of para-hydroxylation sites is 2. The third-order valence-corrected chi connectivity index (χ3v) is 4.81. The van der Waals surface area contributed by atoms with E-state index in [1.807, 2.05) is 0 Å². The first-order chi connectivity index (χ1) is 15.3. The quantitative estimate of drug-likeness (QED) is 0.341. The molecular formula is C22H26BrN3O5S. The first-order valence-electron chi connectivity index (χ1n) is 9.88. The van der Waals surface area contributed by atoms with Crippen molar-refractivity contribution in [3.8, 4) is 17.2 Å². The van der Waals surface area contributed by atoms with Crippen LogP contribution in [0.3, 0.4) is 0 Å². The minimum atomic E-state index is -0.493. The number of rotatable bonds is 9. The standard InChI is InChI=1S/C22H26BrN3O5S/c1-14(2)10-11-30-17-9-8-15(23)12-16(17)21(28)24-22(32)26-25-20(27)13-31-19-7-5-4-6-18(19)29-3/h4-9,12,14H,10-11,13H2,1-3H3,(H,25,27)(H2,24,26,28,32). The summed E-state index contributed by atoms with van der Waals surface area (Å²) >= 11 is 8.45. The zero-order valence-electron chi connectivity index (χ0n) is 18.1. The number of nitrogens with one attached hydrogen (secondary N) is 3. The maximum absolute atomic E-state index is 12.7. The highest BCUT2D eigenvalue weighted by molar-refractivity contribution is 9.10. The van der Waals surface area contributed by atoms with E-state index in [0.29, 0.717) is 35.3 Å². The lowest BCUT2D eigenvalue weighted by Crippen LogP contribution is -2.49. The normalized spacial score (nSPS) is 10.3. The summed E-state index contributed by atoms with van der Waals surface area (Å²) in [5, 5.41) is 2.44. The van der Waals surface area contributed by atoms with Gasteiger partial charge in [0.25, 0.3) is 11.8 Å². The molecule has 2 amide bonds. The number of hydrogen-bond donors (Lipinski definition) is 3. The first kappa shape index (κ1) is 25.4. The molecule has 0 saturated heterocycles. The van der Waals surface area contributed by atoms with Crippen molar-refractivity contribution >= 4 is 45.1 Å². The Hall–Kier alpha value is -2.85. The lowest BCUT2D eigenvalue weighted by molar-refractivity contribution is -0.123. The highest BCUT2D eigenvalue weighted by Crippen LogP contribution is 2.25. The zero-order valence-corrected chi connectivity index (χ0v) is 20.5. The minimum Gasteiger partial charge on any atom is -0.493 e. The van der Waals surface area contributed by atoms with Gasteiger partial charge in [0.05, 0.1) is 19.3 Å². The van der Waals surface area contributed by atoms with E-state index in [-0.39, 0.29) is 11.7 Å². The zero-order chi connectivity index (χ0) is 23.5. The van der Waals surface area contributed by atoms with Crippen molar-refractivity contribution in [1.82, 2.24) is 16.2 Å². The Morgan fingerprint density at radius 2 is 1.75 bits per heavy atom. The molecule has 0 radical (unpaired) electrons. The van der Waals surface area contributed by atoms with E-state index in [4.69, 9.17) is 26.4 Å². The molecule has 0 spiro atoms. The molecule has 2 aromatic carbocycles. The summed E-state index contributed by atoms with van der Waals surface area (Å²) in [5.74, 6) is 0.908. The van der Waals surface area contributed by atoms with Crippen LogP contribution >= 0.6 is 28.1 Å². The predicted octanol–water partition coefficient (Wildman–Crippen LogP) is 3.60. The average molecular weight is 524 g/mol. The second-order valence-corrected chi connectivity index (χ2v) is 8.39. The number of ether oxygens (including phenoxy) is 3. The van der Waals surface area contributed by atoms with Crippen LogP contribution < -0.4 is 30.4 Å². The number of halogens is 1. The molecule has 0 aliphatic heterocycles. The maximum atomic E-state index is 12.7. The molecule has 8 nitrogen and oxygen atoms in total. The smallest absolute Gasteiger partial charge is 0.276 e. The Kier molecular flexibility index (Phi) is 10.2. The van der Waals surface area contributed by atoms with E-state index in [9.17, 15) is 9.59 Å². The fourth-order valence-corrected chi connectivity index (χ4v) is 2.96.